The molecule has 0 saturated carbocycles. The van der Waals surface area contributed by atoms with Crippen molar-refractivity contribution in [3.63, 3.8) is 0 Å². The quantitative estimate of drug-likeness (QED) is 0.404. The molecule has 78 valence electrons. The second kappa shape index (κ2) is 4.14. The molecular formula is C8H14N4O2. The first-order chi connectivity index (χ1) is 6.85. The van der Waals surface area contributed by atoms with Gasteiger partial charge >= 0.3 is 0 Å². The Kier molecular flexibility index (Phi) is 2.88. The summed E-state index contributed by atoms with van der Waals surface area (Å²) in [5.41, 5.74) is 8.18. The van der Waals surface area contributed by atoms with Gasteiger partial charge in [-0.3, -0.25) is 0 Å². The number of hydrogen-bond donors (Lipinski definition) is 1. The molecule has 14 heavy (non-hydrogen) atoms. The molecule has 1 spiro atoms. The second-order valence-electron chi connectivity index (χ2n) is 3.62. The van der Waals surface area contributed by atoms with E-state index in [9.17, 15) is 0 Å². The molecule has 2 rings (SSSR count). The zero-order chi connectivity index (χ0) is 9.86. The first-order valence-electron chi connectivity index (χ1n) is 4.88. The van der Waals surface area contributed by atoms with Crippen LogP contribution in [0.25, 0.3) is 10.4 Å². The van der Waals surface area contributed by atoms with Gasteiger partial charge in [0.05, 0.1) is 19.3 Å². The molecule has 2 fully saturated rings. The molecule has 0 amide bonds. The zero-order valence-corrected chi connectivity index (χ0v) is 7.98. The van der Waals surface area contributed by atoms with E-state index in [4.69, 9.17) is 15.0 Å². The van der Waals surface area contributed by atoms with Gasteiger partial charge in [0.2, 0.25) is 0 Å². The highest BCUT2D eigenvalue weighted by atomic mass is 16.7. The zero-order valence-electron chi connectivity index (χ0n) is 7.98. The fraction of sp³-hybridized carbons (Fsp3) is 1.00. The molecule has 0 radical (unpaired) electrons. The summed E-state index contributed by atoms with van der Waals surface area (Å²) < 4.78 is 11.4. The molecule has 1 atom stereocenters. The number of rotatable bonds is 2. The van der Waals surface area contributed by atoms with E-state index in [-0.39, 0.29) is 6.10 Å². The molecule has 6 heteroatoms. The maximum Gasteiger partial charge on any atom is 0.171 e. The van der Waals surface area contributed by atoms with Crippen LogP contribution in [0.15, 0.2) is 5.11 Å². The fourth-order valence-electron chi connectivity index (χ4n) is 1.90. The standard InChI is InChI=1S/C8H14N4O2/c9-12-11-5-7-6-13-8(14-7)1-3-10-4-2-8/h7,10H,1-6H2. The number of ether oxygens (including phenoxy) is 2. The van der Waals surface area contributed by atoms with E-state index in [1.165, 1.54) is 0 Å². The van der Waals surface area contributed by atoms with Crippen molar-refractivity contribution in [2.75, 3.05) is 26.2 Å². The lowest BCUT2D eigenvalue weighted by molar-refractivity contribution is -0.182. The largest absolute Gasteiger partial charge is 0.347 e. The van der Waals surface area contributed by atoms with Crippen LogP contribution in [0.5, 0.6) is 0 Å². The van der Waals surface area contributed by atoms with Crippen molar-refractivity contribution in [3.05, 3.63) is 10.4 Å². The monoisotopic (exact) mass is 198 g/mol. The topological polar surface area (TPSA) is 79.3 Å². The first-order valence-corrected chi connectivity index (χ1v) is 4.88. The van der Waals surface area contributed by atoms with Gasteiger partial charge < -0.3 is 14.8 Å². The third-order valence-corrected chi connectivity index (χ3v) is 2.63. The molecule has 0 aromatic rings. The average Bonchev–Trinajstić information content (AvgIpc) is 2.60. The van der Waals surface area contributed by atoms with E-state index >= 15 is 0 Å². The maximum absolute atomic E-state index is 8.18. The van der Waals surface area contributed by atoms with Crippen LogP contribution in [-0.4, -0.2) is 38.1 Å². The Morgan fingerprint density at radius 3 is 3.00 bits per heavy atom. The van der Waals surface area contributed by atoms with Crippen molar-refractivity contribution in [3.8, 4) is 0 Å². The van der Waals surface area contributed by atoms with Crippen LogP contribution in [0.1, 0.15) is 12.8 Å². The molecule has 2 heterocycles. The molecule has 2 aliphatic heterocycles. The Hall–Kier alpha value is -0.810. The van der Waals surface area contributed by atoms with E-state index in [1.54, 1.807) is 0 Å². The predicted molar refractivity (Wildman–Crippen MR) is 49.7 cm³/mol. The minimum Gasteiger partial charge on any atom is -0.347 e. The summed E-state index contributed by atoms with van der Waals surface area (Å²) in [7, 11) is 0. The Morgan fingerprint density at radius 1 is 1.50 bits per heavy atom. The molecule has 2 saturated heterocycles. The minimum absolute atomic E-state index is 0.0657. The van der Waals surface area contributed by atoms with Gasteiger partial charge in [-0.25, -0.2) is 0 Å². The summed E-state index contributed by atoms with van der Waals surface area (Å²) in [6.45, 7) is 2.76. The van der Waals surface area contributed by atoms with Gasteiger partial charge in [-0.15, -0.1) is 0 Å². The van der Waals surface area contributed by atoms with E-state index in [0.717, 1.165) is 25.9 Å². The molecule has 0 aromatic heterocycles. The van der Waals surface area contributed by atoms with Crippen molar-refractivity contribution >= 4 is 0 Å². The van der Waals surface area contributed by atoms with Crippen LogP contribution in [0.4, 0.5) is 0 Å². The normalized spacial score (nSPS) is 30.1. The van der Waals surface area contributed by atoms with Crippen LogP contribution in [0.3, 0.4) is 0 Å². The molecule has 0 bridgehead atoms. The Labute approximate surface area is 82.2 Å². The van der Waals surface area contributed by atoms with E-state index < -0.39 is 5.79 Å². The molecule has 1 unspecified atom stereocenters. The van der Waals surface area contributed by atoms with E-state index in [0.29, 0.717) is 13.2 Å². The van der Waals surface area contributed by atoms with Gasteiger partial charge in [-0.05, 0) is 5.53 Å². The number of piperidine rings is 1. The molecule has 0 aliphatic carbocycles. The maximum atomic E-state index is 8.18. The summed E-state index contributed by atoms with van der Waals surface area (Å²) in [5, 5.41) is 6.74. The average molecular weight is 198 g/mol. The van der Waals surface area contributed by atoms with Crippen LogP contribution in [-0.2, 0) is 9.47 Å². The van der Waals surface area contributed by atoms with Crippen LogP contribution in [0, 0.1) is 0 Å². The number of nitrogens with one attached hydrogen (secondary N) is 1. The van der Waals surface area contributed by atoms with E-state index in [2.05, 4.69) is 15.3 Å². The lowest BCUT2D eigenvalue weighted by Gasteiger charge is -2.32. The summed E-state index contributed by atoms with van der Waals surface area (Å²) in [6.07, 6.45) is 1.68. The van der Waals surface area contributed by atoms with Gasteiger partial charge in [-0.2, -0.15) is 0 Å². The van der Waals surface area contributed by atoms with Crippen molar-refractivity contribution in [2.45, 2.75) is 24.7 Å². The van der Waals surface area contributed by atoms with Crippen LogP contribution in [0.2, 0.25) is 0 Å². The molecule has 2 aliphatic rings. The lowest BCUT2D eigenvalue weighted by Crippen LogP contribution is -2.43. The highest BCUT2D eigenvalue weighted by Gasteiger charge is 2.41. The van der Waals surface area contributed by atoms with Gasteiger partial charge in [-0.1, -0.05) is 5.11 Å². The third-order valence-electron chi connectivity index (χ3n) is 2.63. The molecule has 0 aromatic carbocycles. The molecular weight excluding hydrogens is 184 g/mol. The Morgan fingerprint density at radius 2 is 2.29 bits per heavy atom. The number of azide groups is 1. The predicted octanol–water partition coefficient (Wildman–Crippen LogP) is 0.792. The SMILES string of the molecule is [N-]=[N+]=NCC1COC2(CCNCC2)O1. The van der Waals surface area contributed by atoms with Gasteiger partial charge in [0.25, 0.3) is 0 Å². The molecule has 6 nitrogen and oxygen atoms in total. The van der Waals surface area contributed by atoms with Gasteiger partial charge in [0.1, 0.15) is 0 Å². The fourth-order valence-corrected chi connectivity index (χ4v) is 1.90. The highest BCUT2D eigenvalue weighted by molar-refractivity contribution is 4.84. The summed E-state index contributed by atoms with van der Waals surface area (Å²) >= 11 is 0. The summed E-state index contributed by atoms with van der Waals surface area (Å²) in [5.74, 6) is -0.402. The lowest BCUT2D eigenvalue weighted by atomic mass is 10.1. The van der Waals surface area contributed by atoms with Gasteiger partial charge in [0, 0.05) is 30.8 Å². The first kappa shape index (κ1) is 9.73. The van der Waals surface area contributed by atoms with Crippen molar-refractivity contribution in [2.24, 2.45) is 5.11 Å². The Bertz CT molecular complexity index is 246. The van der Waals surface area contributed by atoms with Crippen LogP contribution < -0.4 is 5.32 Å². The smallest absolute Gasteiger partial charge is 0.171 e. The summed E-state index contributed by atoms with van der Waals surface area (Å²) in [6, 6.07) is 0. The van der Waals surface area contributed by atoms with Crippen molar-refractivity contribution < 1.29 is 9.47 Å². The number of nitrogens with zero attached hydrogens (tertiary/aromatic N) is 3. The second-order valence-corrected chi connectivity index (χ2v) is 3.62. The van der Waals surface area contributed by atoms with E-state index in [1.807, 2.05) is 0 Å². The van der Waals surface area contributed by atoms with Crippen LogP contribution >= 0.6 is 0 Å². The Balaban J connectivity index is 1.88. The molecule has 1 N–H and O–H groups in total. The van der Waals surface area contributed by atoms with Gasteiger partial charge in [0.15, 0.2) is 5.79 Å². The third kappa shape index (κ3) is 1.99. The number of hydrogen-bond acceptors (Lipinski definition) is 4. The minimum atomic E-state index is -0.402. The van der Waals surface area contributed by atoms with Crippen molar-refractivity contribution in [1.29, 1.82) is 0 Å². The summed E-state index contributed by atoms with van der Waals surface area (Å²) in [4.78, 5) is 2.71. The highest BCUT2D eigenvalue weighted by Crippen LogP contribution is 2.31. The van der Waals surface area contributed by atoms with Crippen molar-refractivity contribution in [1.82, 2.24) is 5.32 Å².